The van der Waals surface area contributed by atoms with Gasteiger partial charge in [-0.05, 0) is 28.9 Å². The van der Waals surface area contributed by atoms with Crippen molar-refractivity contribution < 1.29 is 14.3 Å². The molecule has 0 aliphatic carbocycles. The second-order valence-corrected chi connectivity index (χ2v) is 5.13. The van der Waals surface area contributed by atoms with E-state index in [1.165, 1.54) is 0 Å². The lowest BCUT2D eigenvalue weighted by atomic mass is 10.3. The van der Waals surface area contributed by atoms with Gasteiger partial charge in [-0.25, -0.2) is 4.79 Å². The second kappa shape index (κ2) is 6.10. The summed E-state index contributed by atoms with van der Waals surface area (Å²) in [4.78, 5) is 30.0. The third kappa shape index (κ3) is 3.28. The van der Waals surface area contributed by atoms with Crippen molar-refractivity contribution in [1.29, 1.82) is 0 Å². The van der Waals surface area contributed by atoms with Crippen molar-refractivity contribution in [3.8, 4) is 0 Å². The molecule has 0 atom stereocenters. The van der Waals surface area contributed by atoms with E-state index in [1.807, 2.05) is 0 Å². The number of ether oxygens (including phenoxy) is 1. The third-order valence-electron chi connectivity index (χ3n) is 2.97. The minimum atomic E-state index is -0.308. The van der Waals surface area contributed by atoms with E-state index in [4.69, 9.17) is 4.74 Å². The van der Waals surface area contributed by atoms with Gasteiger partial charge in [0.1, 0.15) is 5.69 Å². The van der Waals surface area contributed by atoms with Crippen molar-refractivity contribution in [2.75, 3.05) is 32.8 Å². The number of amides is 2. The highest BCUT2D eigenvalue weighted by Gasteiger charge is 2.25. The predicted octanol–water partition coefficient (Wildman–Crippen LogP) is 1.69. The fraction of sp³-hybridized carbons (Fsp3) is 0.500. The number of aromatic nitrogens is 1. The Kier molecular flexibility index (Phi) is 4.47. The summed E-state index contributed by atoms with van der Waals surface area (Å²) in [6.45, 7) is 4.21. The highest BCUT2D eigenvalue weighted by molar-refractivity contribution is 9.10. The van der Waals surface area contributed by atoms with E-state index in [-0.39, 0.29) is 12.0 Å². The van der Waals surface area contributed by atoms with Crippen molar-refractivity contribution >= 4 is 27.9 Å². The number of piperazine rings is 1. The molecule has 2 rings (SSSR count). The molecule has 1 fully saturated rings. The number of hydrogen-bond acceptors (Lipinski definition) is 3. The maximum Gasteiger partial charge on any atom is 0.409 e. The van der Waals surface area contributed by atoms with Crippen molar-refractivity contribution in [3.05, 3.63) is 22.4 Å². The molecular weight excluding hydrogens is 314 g/mol. The van der Waals surface area contributed by atoms with E-state index in [2.05, 4.69) is 20.9 Å². The molecule has 1 saturated heterocycles. The molecule has 19 heavy (non-hydrogen) atoms. The van der Waals surface area contributed by atoms with Gasteiger partial charge in [0.05, 0.1) is 6.61 Å². The Hall–Kier alpha value is -1.50. The van der Waals surface area contributed by atoms with E-state index in [1.54, 1.807) is 29.0 Å². The highest BCUT2D eigenvalue weighted by Crippen LogP contribution is 2.14. The van der Waals surface area contributed by atoms with Gasteiger partial charge in [0.25, 0.3) is 5.91 Å². The van der Waals surface area contributed by atoms with Crippen LogP contribution in [-0.4, -0.2) is 59.6 Å². The lowest BCUT2D eigenvalue weighted by Crippen LogP contribution is -2.50. The van der Waals surface area contributed by atoms with Crippen LogP contribution in [-0.2, 0) is 4.74 Å². The Morgan fingerprint density at radius 2 is 1.95 bits per heavy atom. The summed E-state index contributed by atoms with van der Waals surface area (Å²) in [7, 11) is 0. The van der Waals surface area contributed by atoms with Crippen LogP contribution in [0.2, 0.25) is 0 Å². The number of halogens is 1. The Morgan fingerprint density at radius 1 is 1.32 bits per heavy atom. The number of carbonyl (C=O) groups is 2. The normalized spacial score (nSPS) is 15.5. The molecule has 1 aromatic heterocycles. The molecule has 104 valence electrons. The summed E-state index contributed by atoms with van der Waals surface area (Å²) in [6.07, 6.45) is 1.42. The molecule has 1 N–H and O–H groups in total. The SMILES string of the molecule is CCOC(=O)N1CCN(C(=O)c2cc(Br)c[nH]2)CC1. The molecule has 0 radical (unpaired) electrons. The van der Waals surface area contributed by atoms with E-state index >= 15 is 0 Å². The summed E-state index contributed by atoms with van der Waals surface area (Å²) < 4.78 is 5.78. The monoisotopic (exact) mass is 329 g/mol. The number of aromatic amines is 1. The van der Waals surface area contributed by atoms with Crippen molar-refractivity contribution in [1.82, 2.24) is 14.8 Å². The van der Waals surface area contributed by atoms with Crippen LogP contribution >= 0.6 is 15.9 Å². The van der Waals surface area contributed by atoms with Gasteiger partial charge in [-0.3, -0.25) is 4.79 Å². The van der Waals surface area contributed by atoms with Gasteiger partial charge in [0.15, 0.2) is 0 Å². The van der Waals surface area contributed by atoms with Gasteiger partial charge >= 0.3 is 6.09 Å². The van der Waals surface area contributed by atoms with Crippen LogP contribution in [0, 0.1) is 0 Å². The Morgan fingerprint density at radius 3 is 2.47 bits per heavy atom. The van der Waals surface area contributed by atoms with Crippen molar-refractivity contribution in [3.63, 3.8) is 0 Å². The topological polar surface area (TPSA) is 65.6 Å². The summed E-state index contributed by atoms with van der Waals surface area (Å²) in [6, 6.07) is 1.75. The molecule has 1 aliphatic heterocycles. The van der Waals surface area contributed by atoms with Gasteiger partial charge in [-0.1, -0.05) is 0 Å². The molecule has 0 saturated carbocycles. The number of nitrogens with zero attached hydrogens (tertiary/aromatic N) is 2. The molecule has 7 heteroatoms. The zero-order valence-corrected chi connectivity index (χ0v) is 12.3. The van der Waals surface area contributed by atoms with Crippen LogP contribution in [0.5, 0.6) is 0 Å². The quantitative estimate of drug-likeness (QED) is 0.897. The molecule has 0 bridgehead atoms. The Labute approximate surface area is 119 Å². The standard InChI is InChI=1S/C12H16BrN3O3/c1-2-19-12(18)16-5-3-15(4-6-16)11(17)10-7-9(13)8-14-10/h7-8,14H,2-6H2,1H3. The van der Waals surface area contributed by atoms with E-state index in [9.17, 15) is 9.59 Å². The smallest absolute Gasteiger partial charge is 0.409 e. The van der Waals surface area contributed by atoms with Crippen LogP contribution in [0.25, 0.3) is 0 Å². The van der Waals surface area contributed by atoms with Crippen LogP contribution in [0.3, 0.4) is 0 Å². The van der Waals surface area contributed by atoms with Gasteiger partial charge in [0, 0.05) is 36.8 Å². The zero-order valence-electron chi connectivity index (χ0n) is 10.7. The number of rotatable bonds is 2. The summed E-state index contributed by atoms with van der Waals surface area (Å²) in [5, 5.41) is 0. The molecule has 1 aliphatic rings. The minimum absolute atomic E-state index is 0.0470. The van der Waals surface area contributed by atoms with E-state index < -0.39 is 0 Å². The summed E-state index contributed by atoms with van der Waals surface area (Å²) in [5.41, 5.74) is 0.552. The number of hydrogen-bond donors (Lipinski definition) is 1. The molecule has 6 nitrogen and oxygen atoms in total. The molecule has 2 heterocycles. The fourth-order valence-corrected chi connectivity index (χ4v) is 2.31. The zero-order chi connectivity index (χ0) is 13.8. The molecule has 1 aromatic rings. The third-order valence-corrected chi connectivity index (χ3v) is 3.43. The second-order valence-electron chi connectivity index (χ2n) is 4.21. The lowest BCUT2D eigenvalue weighted by molar-refractivity contribution is 0.0566. The fourth-order valence-electron chi connectivity index (χ4n) is 1.97. The number of nitrogens with one attached hydrogen (secondary N) is 1. The summed E-state index contributed by atoms with van der Waals surface area (Å²) >= 11 is 3.30. The average Bonchev–Trinajstić information content (AvgIpc) is 2.85. The summed E-state index contributed by atoms with van der Waals surface area (Å²) in [5.74, 6) is -0.0470. The van der Waals surface area contributed by atoms with E-state index in [0.717, 1.165) is 4.47 Å². The van der Waals surface area contributed by atoms with Crippen LogP contribution in [0.4, 0.5) is 4.79 Å². The average molecular weight is 330 g/mol. The van der Waals surface area contributed by atoms with Gasteiger partial charge in [-0.15, -0.1) is 0 Å². The van der Waals surface area contributed by atoms with Crippen molar-refractivity contribution in [2.45, 2.75) is 6.92 Å². The first-order valence-electron chi connectivity index (χ1n) is 6.16. The minimum Gasteiger partial charge on any atom is -0.450 e. The molecular formula is C12H16BrN3O3. The molecule has 0 unspecified atom stereocenters. The van der Waals surface area contributed by atoms with Gasteiger partial charge in [0.2, 0.25) is 0 Å². The van der Waals surface area contributed by atoms with Crippen molar-refractivity contribution in [2.24, 2.45) is 0 Å². The first-order valence-corrected chi connectivity index (χ1v) is 6.96. The maximum atomic E-state index is 12.2. The largest absolute Gasteiger partial charge is 0.450 e. The first kappa shape index (κ1) is 13.9. The van der Waals surface area contributed by atoms with Crippen LogP contribution in [0.1, 0.15) is 17.4 Å². The molecule has 2 amide bonds. The van der Waals surface area contributed by atoms with Crippen LogP contribution in [0.15, 0.2) is 16.7 Å². The van der Waals surface area contributed by atoms with Gasteiger partial charge < -0.3 is 19.5 Å². The Bertz CT molecular complexity index is 467. The number of carbonyl (C=O) groups excluding carboxylic acids is 2. The van der Waals surface area contributed by atoms with Gasteiger partial charge in [-0.2, -0.15) is 0 Å². The van der Waals surface area contributed by atoms with Crippen LogP contribution < -0.4 is 0 Å². The Balaban J connectivity index is 1.89. The lowest BCUT2D eigenvalue weighted by Gasteiger charge is -2.33. The predicted molar refractivity (Wildman–Crippen MR) is 73.0 cm³/mol. The number of H-pyrrole nitrogens is 1. The maximum absolute atomic E-state index is 12.2. The highest BCUT2D eigenvalue weighted by atomic mass is 79.9. The molecule has 0 aromatic carbocycles. The van der Waals surface area contributed by atoms with E-state index in [0.29, 0.717) is 38.5 Å². The molecule has 0 spiro atoms. The first-order chi connectivity index (χ1) is 9.11.